The lowest BCUT2D eigenvalue weighted by molar-refractivity contribution is 0.0717. The first kappa shape index (κ1) is 19.3. The number of imidazole rings is 1. The molecule has 8 heteroatoms. The molecule has 0 unspecified atom stereocenters. The van der Waals surface area contributed by atoms with E-state index in [4.69, 9.17) is 16.3 Å². The van der Waals surface area contributed by atoms with Crippen LogP contribution in [0.15, 0.2) is 42.7 Å². The summed E-state index contributed by atoms with van der Waals surface area (Å²) in [7, 11) is 1.53. The van der Waals surface area contributed by atoms with E-state index < -0.39 is 0 Å². The fraction of sp³-hybridized carbons (Fsp3) is 0.286. The van der Waals surface area contributed by atoms with Gasteiger partial charge in [0.25, 0.3) is 11.8 Å². The summed E-state index contributed by atoms with van der Waals surface area (Å²) in [6.07, 6.45) is 2.31. The van der Waals surface area contributed by atoms with Crippen LogP contribution in [0.5, 0.6) is 5.75 Å². The Kier molecular flexibility index (Phi) is 5.40. The van der Waals surface area contributed by atoms with Gasteiger partial charge in [0, 0.05) is 36.8 Å². The quantitative estimate of drug-likeness (QED) is 0.716. The molecule has 1 aliphatic heterocycles. The van der Waals surface area contributed by atoms with Gasteiger partial charge >= 0.3 is 0 Å². The van der Waals surface area contributed by atoms with Crippen molar-refractivity contribution in [2.75, 3.05) is 33.3 Å². The summed E-state index contributed by atoms with van der Waals surface area (Å²) in [6, 6.07) is 10.4. The number of nitrogens with zero attached hydrogens (tertiary/aromatic N) is 3. The molecule has 7 nitrogen and oxygen atoms in total. The molecule has 2 amide bonds. The molecule has 2 aromatic carbocycles. The zero-order valence-electron chi connectivity index (χ0n) is 16.0. The van der Waals surface area contributed by atoms with E-state index >= 15 is 0 Å². The van der Waals surface area contributed by atoms with Gasteiger partial charge in [-0.15, -0.1) is 0 Å². The van der Waals surface area contributed by atoms with Crippen LogP contribution in [0.3, 0.4) is 0 Å². The number of hydrogen-bond donors (Lipinski definition) is 1. The number of ether oxygens (including phenoxy) is 1. The van der Waals surface area contributed by atoms with Crippen molar-refractivity contribution in [2.45, 2.75) is 6.42 Å². The third-order valence-electron chi connectivity index (χ3n) is 5.13. The number of amides is 2. The number of H-pyrrole nitrogens is 1. The van der Waals surface area contributed by atoms with Gasteiger partial charge in [-0.3, -0.25) is 9.59 Å². The van der Waals surface area contributed by atoms with Crippen LogP contribution in [0.1, 0.15) is 27.1 Å². The van der Waals surface area contributed by atoms with E-state index in [1.165, 1.54) is 7.11 Å². The van der Waals surface area contributed by atoms with Crippen LogP contribution >= 0.6 is 11.6 Å². The first-order chi connectivity index (χ1) is 14.1. The molecule has 0 saturated carbocycles. The zero-order valence-corrected chi connectivity index (χ0v) is 16.8. The van der Waals surface area contributed by atoms with Crippen molar-refractivity contribution in [3.8, 4) is 5.75 Å². The van der Waals surface area contributed by atoms with Crippen LogP contribution in [-0.2, 0) is 0 Å². The second-order valence-corrected chi connectivity index (χ2v) is 7.35. The molecule has 0 bridgehead atoms. The van der Waals surface area contributed by atoms with Crippen molar-refractivity contribution in [2.24, 2.45) is 0 Å². The van der Waals surface area contributed by atoms with Gasteiger partial charge in [0.1, 0.15) is 5.75 Å². The number of halogens is 1. The third-order valence-corrected chi connectivity index (χ3v) is 5.36. The number of carbonyl (C=O) groups excluding carboxylic acids is 2. The van der Waals surface area contributed by atoms with E-state index in [0.29, 0.717) is 54.5 Å². The second kappa shape index (κ2) is 8.13. The number of benzene rings is 2. The molecule has 0 spiro atoms. The topological polar surface area (TPSA) is 78.5 Å². The first-order valence-corrected chi connectivity index (χ1v) is 9.80. The predicted molar refractivity (Wildman–Crippen MR) is 111 cm³/mol. The van der Waals surface area contributed by atoms with Crippen LogP contribution < -0.4 is 4.74 Å². The maximum absolute atomic E-state index is 13.0. The summed E-state index contributed by atoms with van der Waals surface area (Å²) in [5.74, 6) is 0.304. The fourth-order valence-corrected chi connectivity index (χ4v) is 3.76. The Morgan fingerprint density at radius 2 is 1.79 bits per heavy atom. The zero-order chi connectivity index (χ0) is 20.4. The van der Waals surface area contributed by atoms with E-state index in [-0.39, 0.29) is 11.8 Å². The molecule has 0 radical (unpaired) electrons. The van der Waals surface area contributed by atoms with E-state index in [2.05, 4.69) is 9.97 Å². The smallest absolute Gasteiger partial charge is 0.257 e. The van der Waals surface area contributed by atoms with E-state index in [1.807, 2.05) is 12.1 Å². The van der Waals surface area contributed by atoms with Gasteiger partial charge in [-0.05, 0) is 42.8 Å². The number of hydrogen-bond acceptors (Lipinski definition) is 4. The molecule has 2 heterocycles. The van der Waals surface area contributed by atoms with Crippen molar-refractivity contribution in [3.05, 3.63) is 58.9 Å². The minimum Gasteiger partial charge on any atom is -0.496 e. The predicted octanol–water partition coefficient (Wildman–Crippen LogP) is 3.21. The number of aromatic amines is 1. The Hall–Kier alpha value is -3.06. The summed E-state index contributed by atoms with van der Waals surface area (Å²) in [6.45, 7) is 2.08. The Morgan fingerprint density at radius 1 is 1.03 bits per heavy atom. The molecule has 150 valence electrons. The number of aromatic nitrogens is 2. The molecule has 4 rings (SSSR count). The maximum Gasteiger partial charge on any atom is 0.257 e. The molecule has 0 aliphatic carbocycles. The average Bonchev–Trinajstić information content (AvgIpc) is 3.07. The van der Waals surface area contributed by atoms with Crippen LogP contribution in [-0.4, -0.2) is 64.9 Å². The van der Waals surface area contributed by atoms with Crippen molar-refractivity contribution in [1.82, 2.24) is 19.8 Å². The maximum atomic E-state index is 13.0. The van der Waals surface area contributed by atoms with Crippen molar-refractivity contribution in [3.63, 3.8) is 0 Å². The van der Waals surface area contributed by atoms with Gasteiger partial charge < -0.3 is 19.5 Å². The molecule has 0 atom stereocenters. The summed E-state index contributed by atoms with van der Waals surface area (Å²) in [5, 5.41) is 0.481. The Bertz CT molecular complexity index is 1070. The van der Waals surface area contributed by atoms with E-state index in [0.717, 1.165) is 11.0 Å². The van der Waals surface area contributed by atoms with Gasteiger partial charge in [-0.2, -0.15) is 0 Å². The number of carbonyl (C=O) groups is 2. The van der Waals surface area contributed by atoms with Crippen LogP contribution in [0.2, 0.25) is 5.02 Å². The highest BCUT2D eigenvalue weighted by atomic mass is 35.5. The average molecular weight is 413 g/mol. The monoisotopic (exact) mass is 412 g/mol. The summed E-state index contributed by atoms with van der Waals surface area (Å²) < 4.78 is 5.31. The van der Waals surface area contributed by atoms with Gasteiger partial charge in [-0.25, -0.2) is 4.98 Å². The summed E-state index contributed by atoms with van der Waals surface area (Å²) in [4.78, 5) is 36.7. The van der Waals surface area contributed by atoms with Crippen molar-refractivity contribution in [1.29, 1.82) is 0 Å². The first-order valence-electron chi connectivity index (χ1n) is 9.42. The summed E-state index contributed by atoms with van der Waals surface area (Å²) in [5.41, 5.74) is 2.70. The van der Waals surface area contributed by atoms with Crippen LogP contribution in [0.25, 0.3) is 11.0 Å². The number of fused-ring (bicyclic) bond motifs is 1. The molecule has 1 N–H and O–H groups in total. The normalized spacial score (nSPS) is 14.7. The van der Waals surface area contributed by atoms with Gasteiger partial charge in [0.05, 0.1) is 30.0 Å². The highest BCUT2D eigenvalue weighted by Crippen LogP contribution is 2.25. The van der Waals surface area contributed by atoms with E-state index in [9.17, 15) is 9.59 Å². The van der Waals surface area contributed by atoms with Crippen molar-refractivity contribution < 1.29 is 14.3 Å². The van der Waals surface area contributed by atoms with E-state index in [1.54, 1.807) is 40.4 Å². The van der Waals surface area contributed by atoms with Crippen LogP contribution in [0.4, 0.5) is 0 Å². The minimum atomic E-state index is -0.141. The molecule has 3 aromatic rings. The molecule has 1 fully saturated rings. The second-order valence-electron chi connectivity index (χ2n) is 6.92. The summed E-state index contributed by atoms with van der Waals surface area (Å²) >= 11 is 6.07. The highest BCUT2D eigenvalue weighted by molar-refractivity contribution is 6.31. The van der Waals surface area contributed by atoms with Gasteiger partial charge in [-0.1, -0.05) is 11.6 Å². The lowest BCUT2D eigenvalue weighted by atomic mass is 10.1. The molecule has 1 saturated heterocycles. The number of nitrogens with one attached hydrogen (secondary N) is 1. The largest absolute Gasteiger partial charge is 0.496 e. The van der Waals surface area contributed by atoms with Gasteiger partial charge in [0.2, 0.25) is 0 Å². The molecular weight excluding hydrogens is 392 g/mol. The Morgan fingerprint density at radius 3 is 2.55 bits per heavy atom. The lowest BCUT2D eigenvalue weighted by Gasteiger charge is -2.23. The molecule has 29 heavy (non-hydrogen) atoms. The third kappa shape index (κ3) is 3.91. The Labute approximate surface area is 173 Å². The molecular formula is C21H21ClN4O3. The molecule has 1 aliphatic rings. The standard InChI is InChI=1S/C21H21ClN4O3/c1-29-19-6-4-15(22)12-16(19)21(28)26-8-2-7-25(9-10-26)20(27)14-3-5-17-18(11-14)24-13-23-17/h3-6,11-13H,2,7-10H2,1H3,(H,23,24). The lowest BCUT2D eigenvalue weighted by Crippen LogP contribution is -2.37. The number of rotatable bonds is 3. The van der Waals surface area contributed by atoms with Crippen LogP contribution in [0, 0.1) is 0 Å². The van der Waals surface area contributed by atoms with Gasteiger partial charge in [0.15, 0.2) is 0 Å². The number of methoxy groups -OCH3 is 1. The Balaban J connectivity index is 1.48. The molecule has 1 aromatic heterocycles. The highest BCUT2D eigenvalue weighted by Gasteiger charge is 2.25. The fourth-order valence-electron chi connectivity index (χ4n) is 3.59. The van der Waals surface area contributed by atoms with Crippen molar-refractivity contribution >= 4 is 34.4 Å². The SMILES string of the molecule is COc1ccc(Cl)cc1C(=O)N1CCCN(C(=O)c2ccc3nc[nH]c3c2)CC1. The minimum absolute atomic E-state index is 0.0452.